The Morgan fingerprint density at radius 2 is 1.86 bits per heavy atom. The molecular formula is C16H29N3OS. The highest BCUT2D eigenvalue weighted by molar-refractivity contribution is 7.80. The van der Waals surface area contributed by atoms with E-state index in [0.717, 1.165) is 32.6 Å². The van der Waals surface area contributed by atoms with Crippen LogP contribution in [-0.2, 0) is 4.79 Å². The van der Waals surface area contributed by atoms with Crippen molar-refractivity contribution in [3.05, 3.63) is 0 Å². The SMILES string of the molecule is CC(C(N)=S)N1CCN(C(=O)C2CCCCC2(C)C)CC1. The zero-order valence-corrected chi connectivity index (χ0v) is 14.4. The summed E-state index contributed by atoms with van der Waals surface area (Å²) in [5, 5.41) is 0. The molecule has 2 atom stereocenters. The Morgan fingerprint density at radius 1 is 1.24 bits per heavy atom. The van der Waals surface area contributed by atoms with Crippen molar-refractivity contribution >= 4 is 23.1 Å². The number of amides is 1. The minimum atomic E-state index is 0.128. The van der Waals surface area contributed by atoms with E-state index in [0.29, 0.717) is 10.9 Å². The van der Waals surface area contributed by atoms with Gasteiger partial charge < -0.3 is 10.6 Å². The molecule has 2 aliphatic rings. The summed E-state index contributed by atoms with van der Waals surface area (Å²) in [7, 11) is 0. The second-order valence-corrected chi connectivity index (χ2v) is 7.70. The molecule has 0 aromatic carbocycles. The van der Waals surface area contributed by atoms with Gasteiger partial charge in [-0.25, -0.2) is 0 Å². The van der Waals surface area contributed by atoms with Gasteiger partial charge in [-0.15, -0.1) is 0 Å². The number of carbonyl (C=O) groups excluding carboxylic acids is 1. The highest BCUT2D eigenvalue weighted by Gasteiger charge is 2.39. The molecule has 120 valence electrons. The topological polar surface area (TPSA) is 49.6 Å². The number of nitrogens with two attached hydrogens (primary N) is 1. The predicted octanol–water partition coefficient (Wildman–Crippen LogP) is 2.02. The van der Waals surface area contributed by atoms with Crippen molar-refractivity contribution in [1.82, 2.24) is 9.80 Å². The molecule has 0 radical (unpaired) electrons. The van der Waals surface area contributed by atoms with Gasteiger partial charge in [-0.3, -0.25) is 9.69 Å². The number of hydrogen-bond donors (Lipinski definition) is 1. The van der Waals surface area contributed by atoms with E-state index in [2.05, 4.69) is 23.6 Å². The normalized spacial score (nSPS) is 28.1. The maximum atomic E-state index is 12.8. The van der Waals surface area contributed by atoms with Crippen LogP contribution in [0.2, 0.25) is 0 Å². The lowest BCUT2D eigenvalue weighted by atomic mass is 9.68. The smallest absolute Gasteiger partial charge is 0.226 e. The van der Waals surface area contributed by atoms with Gasteiger partial charge in [0.2, 0.25) is 5.91 Å². The Balaban J connectivity index is 1.92. The van der Waals surface area contributed by atoms with Gasteiger partial charge in [0, 0.05) is 32.1 Å². The number of rotatable bonds is 3. The molecule has 2 rings (SSSR count). The molecule has 1 saturated carbocycles. The number of thiocarbonyl (C=S) groups is 1. The molecule has 0 spiro atoms. The van der Waals surface area contributed by atoms with Crippen LogP contribution in [0.5, 0.6) is 0 Å². The van der Waals surface area contributed by atoms with Crippen LogP contribution in [0.25, 0.3) is 0 Å². The first kappa shape index (κ1) is 16.7. The van der Waals surface area contributed by atoms with Crippen molar-refractivity contribution in [3.8, 4) is 0 Å². The van der Waals surface area contributed by atoms with Crippen molar-refractivity contribution in [2.24, 2.45) is 17.1 Å². The van der Waals surface area contributed by atoms with Crippen molar-refractivity contribution in [2.75, 3.05) is 26.2 Å². The molecule has 2 fully saturated rings. The van der Waals surface area contributed by atoms with Crippen LogP contribution in [0.15, 0.2) is 0 Å². The van der Waals surface area contributed by atoms with Gasteiger partial charge >= 0.3 is 0 Å². The molecule has 21 heavy (non-hydrogen) atoms. The van der Waals surface area contributed by atoms with Gasteiger partial charge in [0.1, 0.15) is 0 Å². The summed E-state index contributed by atoms with van der Waals surface area (Å²) >= 11 is 5.07. The molecule has 0 aromatic rings. The molecule has 1 aliphatic heterocycles. The second kappa shape index (κ2) is 6.61. The summed E-state index contributed by atoms with van der Waals surface area (Å²) in [6, 6.07) is 0.128. The fourth-order valence-corrected chi connectivity index (χ4v) is 3.83. The first-order chi connectivity index (χ1) is 9.83. The molecule has 4 nitrogen and oxygen atoms in total. The second-order valence-electron chi connectivity index (χ2n) is 7.23. The van der Waals surface area contributed by atoms with E-state index in [4.69, 9.17) is 18.0 Å². The minimum absolute atomic E-state index is 0.128. The monoisotopic (exact) mass is 311 g/mol. The number of carbonyl (C=O) groups is 1. The van der Waals surface area contributed by atoms with E-state index in [1.54, 1.807) is 0 Å². The standard InChI is InChI=1S/C16H29N3OS/c1-12(14(17)21)18-8-10-19(11-9-18)15(20)13-6-4-5-7-16(13,2)3/h12-13H,4-11H2,1-3H3,(H2,17,21). The van der Waals surface area contributed by atoms with E-state index < -0.39 is 0 Å². The van der Waals surface area contributed by atoms with E-state index in [1.807, 2.05) is 6.92 Å². The van der Waals surface area contributed by atoms with E-state index in [9.17, 15) is 4.79 Å². The largest absolute Gasteiger partial charge is 0.392 e. The molecule has 2 N–H and O–H groups in total. The summed E-state index contributed by atoms with van der Waals surface area (Å²) in [4.78, 5) is 17.7. The van der Waals surface area contributed by atoms with Crippen molar-refractivity contribution in [3.63, 3.8) is 0 Å². The Hall–Kier alpha value is -0.680. The van der Waals surface area contributed by atoms with Gasteiger partial charge in [0.15, 0.2) is 0 Å². The highest BCUT2D eigenvalue weighted by atomic mass is 32.1. The summed E-state index contributed by atoms with van der Waals surface area (Å²) < 4.78 is 0. The third-order valence-electron chi connectivity index (χ3n) is 5.39. The Labute approximate surface area is 134 Å². The number of piperazine rings is 1. The van der Waals surface area contributed by atoms with Crippen LogP contribution < -0.4 is 5.73 Å². The fourth-order valence-electron chi connectivity index (χ4n) is 3.68. The third kappa shape index (κ3) is 3.75. The van der Waals surface area contributed by atoms with Gasteiger partial charge in [-0.2, -0.15) is 0 Å². The molecule has 1 amide bonds. The Morgan fingerprint density at radius 3 is 2.38 bits per heavy atom. The molecule has 5 heteroatoms. The van der Waals surface area contributed by atoms with Crippen molar-refractivity contribution in [2.45, 2.75) is 52.5 Å². The molecule has 1 saturated heterocycles. The van der Waals surface area contributed by atoms with E-state index >= 15 is 0 Å². The van der Waals surface area contributed by atoms with Crippen LogP contribution >= 0.6 is 12.2 Å². The summed E-state index contributed by atoms with van der Waals surface area (Å²) in [5.41, 5.74) is 5.87. The zero-order chi connectivity index (χ0) is 15.6. The molecule has 1 aliphatic carbocycles. The van der Waals surface area contributed by atoms with Crippen molar-refractivity contribution < 1.29 is 4.79 Å². The highest BCUT2D eigenvalue weighted by Crippen LogP contribution is 2.41. The first-order valence-electron chi connectivity index (χ1n) is 8.15. The average molecular weight is 311 g/mol. The van der Waals surface area contributed by atoms with Crippen molar-refractivity contribution in [1.29, 1.82) is 0 Å². The molecule has 0 aromatic heterocycles. The Bertz CT molecular complexity index is 402. The lowest BCUT2D eigenvalue weighted by Gasteiger charge is -2.43. The van der Waals surface area contributed by atoms with Crippen LogP contribution in [-0.4, -0.2) is 52.9 Å². The van der Waals surface area contributed by atoms with E-state index in [-0.39, 0.29) is 17.4 Å². The fraction of sp³-hybridized carbons (Fsp3) is 0.875. The molecule has 1 heterocycles. The zero-order valence-electron chi connectivity index (χ0n) is 13.6. The number of nitrogens with zero attached hydrogens (tertiary/aromatic N) is 2. The van der Waals surface area contributed by atoms with Gasteiger partial charge in [0.25, 0.3) is 0 Å². The minimum Gasteiger partial charge on any atom is -0.392 e. The summed E-state index contributed by atoms with van der Waals surface area (Å²) in [6.45, 7) is 9.90. The summed E-state index contributed by atoms with van der Waals surface area (Å²) in [5.74, 6) is 0.563. The van der Waals surface area contributed by atoms with Gasteiger partial charge in [0.05, 0.1) is 11.0 Å². The van der Waals surface area contributed by atoms with Gasteiger partial charge in [-0.05, 0) is 25.2 Å². The van der Waals surface area contributed by atoms with Gasteiger partial charge in [-0.1, -0.05) is 38.9 Å². The summed E-state index contributed by atoms with van der Waals surface area (Å²) in [6.07, 6.45) is 4.67. The molecular weight excluding hydrogens is 282 g/mol. The Kier molecular flexibility index (Phi) is 5.25. The predicted molar refractivity (Wildman–Crippen MR) is 90.1 cm³/mol. The quantitative estimate of drug-likeness (QED) is 0.810. The molecule has 0 bridgehead atoms. The van der Waals surface area contributed by atoms with Crippen LogP contribution in [0.4, 0.5) is 0 Å². The molecule has 2 unspecified atom stereocenters. The lowest BCUT2D eigenvalue weighted by Crippen LogP contribution is -2.56. The lowest BCUT2D eigenvalue weighted by molar-refractivity contribution is -0.143. The maximum Gasteiger partial charge on any atom is 0.226 e. The van der Waals surface area contributed by atoms with Crippen LogP contribution in [0.3, 0.4) is 0 Å². The van der Waals surface area contributed by atoms with E-state index in [1.165, 1.54) is 19.3 Å². The average Bonchev–Trinajstić information content (AvgIpc) is 2.45. The first-order valence-corrected chi connectivity index (χ1v) is 8.56. The number of hydrogen-bond acceptors (Lipinski definition) is 3. The van der Waals surface area contributed by atoms with Crippen LogP contribution in [0.1, 0.15) is 46.5 Å². The third-order valence-corrected chi connectivity index (χ3v) is 5.73. The van der Waals surface area contributed by atoms with Crippen LogP contribution in [0, 0.1) is 11.3 Å². The maximum absolute atomic E-state index is 12.8.